The fourth-order valence-corrected chi connectivity index (χ4v) is 3.70. The summed E-state index contributed by atoms with van der Waals surface area (Å²) in [5.74, 6) is 0.364. The van der Waals surface area contributed by atoms with Gasteiger partial charge in [0.05, 0.1) is 22.2 Å². The molecule has 1 heterocycles. The van der Waals surface area contributed by atoms with E-state index < -0.39 is 10.8 Å². The van der Waals surface area contributed by atoms with Gasteiger partial charge < -0.3 is 5.73 Å². The monoisotopic (exact) mass is 297 g/mol. The van der Waals surface area contributed by atoms with E-state index in [0.29, 0.717) is 16.6 Å². The van der Waals surface area contributed by atoms with E-state index in [1.54, 1.807) is 23.9 Å². The van der Waals surface area contributed by atoms with Crippen LogP contribution in [0.5, 0.6) is 0 Å². The first kappa shape index (κ1) is 14.1. The van der Waals surface area contributed by atoms with Crippen molar-refractivity contribution in [3.63, 3.8) is 0 Å². The fourth-order valence-electron chi connectivity index (χ4n) is 1.97. The Bertz CT molecular complexity index is 652. The van der Waals surface area contributed by atoms with Gasteiger partial charge in [0.1, 0.15) is 5.15 Å². The lowest BCUT2D eigenvalue weighted by molar-refractivity contribution is 0.682. The first-order chi connectivity index (χ1) is 8.90. The van der Waals surface area contributed by atoms with Crippen molar-refractivity contribution in [3.05, 3.63) is 40.2 Å². The number of nitrogens with zero attached hydrogens (tertiary/aromatic N) is 2. The summed E-state index contributed by atoms with van der Waals surface area (Å²) in [5.41, 5.74) is 8.95. The second-order valence-electron chi connectivity index (χ2n) is 4.49. The Hall–Kier alpha value is -1.33. The predicted molar refractivity (Wildman–Crippen MR) is 78.7 cm³/mol. The smallest absolute Gasteiger partial charge is 0.131 e. The molecule has 0 aliphatic heterocycles. The highest BCUT2D eigenvalue weighted by molar-refractivity contribution is 7.84. The average Bonchev–Trinajstić information content (AvgIpc) is 2.56. The minimum absolute atomic E-state index is 0.364. The van der Waals surface area contributed by atoms with E-state index in [2.05, 4.69) is 5.10 Å². The molecule has 0 saturated heterocycles. The van der Waals surface area contributed by atoms with Crippen LogP contribution in [0.4, 0.5) is 5.69 Å². The summed E-state index contributed by atoms with van der Waals surface area (Å²) in [6, 6.07) is 5.39. The highest BCUT2D eigenvalue weighted by Gasteiger charge is 2.16. The van der Waals surface area contributed by atoms with Gasteiger partial charge in [-0.2, -0.15) is 5.10 Å². The van der Waals surface area contributed by atoms with Gasteiger partial charge in [-0.25, -0.2) is 0 Å². The van der Waals surface area contributed by atoms with Gasteiger partial charge in [0, 0.05) is 23.2 Å². The van der Waals surface area contributed by atoms with E-state index in [0.717, 1.165) is 21.7 Å². The Kier molecular flexibility index (Phi) is 3.96. The number of halogens is 1. The Morgan fingerprint density at radius 2 is 2.11 bits per heavy atom. The van der Waals surface area contributed by atoms with Gasteiger partial charge in [-0.1, -0.05) is 11.6 Å². The molecule has 1 unspecified atom stereocenters. The quantitative estimate of drug-likeness (QED) is 0.886. The van der Waals surface area contributed by atoms with Crippen molar-refractivity contribution in [1.29, 1.82) is 0 Å². The molecule has 0 spiro atoms. The first-order valence-electron chi connectivity index (χ1n) is 5.82. The van der Waals surface area contributed by atoms with Crippen LogP contribution in [0.1, 0.15) is 16.8 Å². The third-order valence-corrected chi connectivity index (χ3v) is 4.96. The van der Waals surface area contributed by atoms with Crippen LogP contribution < -0.4 is 5.73 Å². The lowest BCUT2D eigenvalue weighted by Gasteiger charge is -2.07. The molecule has 0 aliphatic carbocycles. The van der Waals surface area contributed by atoms with Crippen molar-refractivity contribution in [2.75, 3.05) is 5.73 Å². The van der Waals surface area contributed by atoms with Crippen LogP contribution in [-0.2, 0) is 23.6 Å². The average molecular weight is 298 g/mol. The van der Waals surface area contributed by atoms with Crippen LogP contribution >= 0.6 is 11.6 Å². The molecule has 6 heteroatoms. The summed E-state index contributed by atoms with van der Waals surface area (Å²) < 4.78 is 14.0. The molecule has 1 aromatic heterocycles. The minimum Gasteiger partial charge on any atom is -0.399 e. The number of nitrogen functional groups attached to an aromatic ring is 1. The zero-order valence-corrected chi connectivity index (χ0v) is 12.7. The maximum Gasteiger partial charge on any atom is 0.131 e. The maximum atomic E-state index is 12.4. The summed E-state index contributed by atoms with van der Waals surface area (Å²) in [6.07, 6.45) is 0. The summed E-state index contributed by atoms with van der Waals surface area (Å²) in [7, 11) is 0.619. The lowest BCUT2D eigenvalue weighted by atomic mass is 10.2. The molecule has 2 rings (SSSR count). The second-order valence-corrected chi connectivity index (χ2v) is 6.27. The number of aryl methyl sites for hydroxylation is 3. The van der Waals surface area contributed by atoms with E-state index in [1.165, 1.54) is 0 Å². The van der Waals surface area contributed by atoms with E-state index in [1.807, 2.05) is 19.9 Å². The molecule has 0 aliphatic rings. The molecule has 102 valence electrons. The number of nitrogens with two attached hydrogens (primary N) is 1. The number of rotatable bonds is 3. The molecular weight excluding hydrogens is 282 g/mol. The molecule has 2 aromatic rings. The molecule has 0 saturated carbocycles. The summed E-state index contributed by atoms with van der Waals surface area (Å²) in [6.45, 7) is 3.77. The molecule has 1 aromatic carbocycles. The van der Waals surface area contributed by atoms with Crippen molar-refractivity contribution in [2.24, 2.45) is 7.05 Å². The standard InChI is InChI=1S/C13H16ClN3OS/c1-8-6-10(15)4-5-12(8)19(18)7-11-9(2)16-17(3)13(11)14/h4-6H,7,15H2,1-3H3. The molecule has 4 nitrogen and oxygen atoms in total. The van der Waals surface area contributed by atoms with E-state index in [9.17, 15) is 4.21 Å². The van der Waals surface area contributed by atoms with Crippen LogP contribution in [0.2, 0.25) is 5.15 Å². The Balaban J connectivity index is 2.31. The van der Waals surface area contributed by atoms with Crippen molar-refractivity contribution in [3.8, 4) is 0 Å². The summed E-state index contributed by atoms with van der Waals surface area (Å²) >= 11 is 6.16. The molecule has 0 amide bonds. The third-order valence-electron chi connectivity index (χ3n) is 2.99. The number of benzene rings is 1. The second kappa shape index (κ2) is 5.35. The van der Waals surface area contributed by atoms with Gasteiger partial charge in [0.15, 0.2) is 0 Å². The van der Waals surface area contributed by atoms with Gasteiger partial charge in [-0.05, 0) is 37.6 Å². The lowest BCUT2D eigenvalue weighted by Crippen LogP contribution is -2.01. The SMILES string of the molecule is Cc1cc(N)ccc1S(=O)Cc1c(C)nn(C)c1Cl. The Morgan fingerprint density at radius 3 is 2.63 bits per heavy atom. The van der Waals surface area contributed by atoms with Gasteiger partial charge in [0.25, 0.3) is 0 Å². The van der Waals surface area contributed by atoms with Crippen LogP contribution in [0.15, 0.2) is 23.1 Å². The summed E-state index contributed by atoms with van der Waals surface area (Å²) in [5, 5.41) is 4.76. The third kappa shape index (κ3) is 2.82. The van der Waals surface area contributed by atoms with Crippen molar-refractivity contribution < 1.29 is 4.21 Å². The highest BCUT2D eigenvalue weighted by atomic mass is 35.5. The Morgan fingerprint density at radius 1 is 1.42 bits per heavy atom. The molecular formula is C13H16ClN3OS. The van der Waals surface area contributed by atoms with Crippen LogP contribution in [0.25, 0.3) is 0 Å². The zero-order chi connectivity index (χ0) is 14.2. The van der Waals surface area contributed by atoms with E-state index >= 15 is 0 Å². The first-order valence-corrected chi connectivity index (χ1v) is 7.52. The van der Waals surface area contributed by atoms with Crippen molar-refractivity contribution in [2.45, 2.75) is 24.5 Å². The predicted octanol–water partition coefficient (Wildman–Crippen LogP) is 2.58. The topological polar surface area (TPSA) is 60.9 Å². The van der Waals surface area contributed by atoms with Gasteiger partial charge in [-0.3, -0.25) is 8.89 Å². The molecule has 0 bridgehead atoms. The number of anilines is 1. The molecule has 19 heavy (non-hydrogen) atoms. The minimum atomic E-state index is -1.15. The van der Waals surface area contributed by atoms with Crippen molar-refractivity contribution in [1.82, 2.24) is 9.78 Å². The number of aromatic nitrogens is 2. The molecule has 1 atom stereocenters. The normalized spacial score (nSPS) is 12.6. The largest absolute Gasteiger partial charge is 0.399 e. The highest BCUT2D eigenvalue weighted by Crippen LogP contribution is 2.24. The number of hydrogen-bond acceptors (Lipinski definition) is 3. The van der Waals surface area contributed by atoms with Crippen LogP contribution in [0, 0.1) is 13.8 Å². The van der Waals surface area contributed by atoms with Gasteiger partial charge >= 0.3 is 0 Å². The molecule has 2 N–H and O–H groups in total. The molecule has 0 radical (unpaired) electrons. The van der Waals surface area contributed by atoms with Gasteiger partial charge in [0.2, 0.25) is 0 Å². The molecule has 0 fully saturated rings. The van der Waals surface area contributed by atoms with E-state index in [4.69, 9.17) is 17.3 Å². The van der Waals surface area contributed by atoms with Crippen molar-refractivity contribution >= 4 is 28.1 Å². The zero-order valence-electron chi connectivity index (χ0n) is 11.1. The maximum absolute atomic E-state index is 12.4. The van der Waals surface area contributed by atoms with E-state index in [-0.39, 0.29) is 0 Å². The van der Waals surface area contributed by atoms with Crippen LogP contribution in [-0.4, -0.2) is 14.0 Å². The van der Waals surface area contributed by atoms with Gasteiger partial charge in [-0.15, -0.1) is 0 Å². The fraction of sp³-hybridized carbons (Fsp3) is 0.308. The summed E-state index contributed by atoms with van der Waals surface area (Å²) in [4.78, 5) is 0.786. The Labute approximate surface area is 120 Å². The van der Waals surface area contributed by atoms with Crippen LogP contribution in [0.3, 0.4) is 0 Å². The number of hydrogen-bond donors (Lipinski definition) is 1.